The summed E-state index contributed by atoms with van der Waals surface area (Å²) in [4.78, 5) is 0. The van der Waals surface area contributed by atoms with Crippen LogP contribution in [0, 0.1) is 11.7 Å². The van der Waals surface area contributed by atoms with Gasteiger partial charge >= 0.3 is 0 Å². The summed E-state index contributed by atoms with van der Waals surface area (Å²) >= 11 is 6.20. The molecule has 25 heavy (non-hydrogen) atoms. The molecule has 0 atom stereocenters. The maximum Gasteiger partial charge on any atom is 0.129 e. The van der Waals surface area contributed by atoms with Crippen LogP contribution in [0.3, 0.4) is 0 Å². The smallest absolute Gasteiger partial charge is 0.129 e. The second kappa shape index (κ2) is 8.03. The zero-order chi connectivity index (χ0) is 17.8. The van der Waals surface area contributed by atoms with E-state index in [1.807, 2.05) is 12.1 Å². The summed E-state index contributed by atoms with van der Waals surface area (Å²) in [6, 6.07) is 13.1. The number of hydrogen-bond acceptors (Lipinski definition) is 1. The van der Waals surface area contributed by atoms with E-state index in [9.17, 15) is 4.39 Å². The molecule has 0 amide bonds. The van der Waals surface area contributed by atoms with Crippen molar-refractivity contribution >= 4 is 22.5 Å². The molecule has 0 fully saturated rings. The molecule has 2 aromatic carbocycles. The Hall–Kier alpha value is -1.84. The third-order valence-corrected chi connectivity index (χ3v) is 4.83. The quantitative estimate of drug-likeness (QED) is 0.542. The molecule has 0 saturated heterocycles. The summed E-state index contributed by atoms with van der Waals surface area (Å²) in [5.74, 6) is 0.430. The number of nitrogens with one attached hydrogen (secondary N) is 1. The standard InChI is InChI=1S/C21H24ClFN2/c1-15(2)10-11-24-12-16-13-25(21-9-4-3-6-17(16)21)14-18-19(22)7-5-8-20(18)23/h3-9,13,15,24H,10-12,14H2,1-2H3. The monoisotopic (exact) mass is 358 g/mol. The molecule has 1 N–H and O–H groups in total. The molecule has 2 nitrogen and oxygen atoms in total. The lowest BCUT2D eigenvalue weighted by Crippen LogP contribution is -2.16. The summed E-state index contributed by atoms with van der Waals surface area (Å²) < 4.78 is 16.2. The number of hydrogen-bond donors (Lipinski definition) is 1. The van der Waals surface area contributed by atoms with Gasteiger partial charge in [0, 0.05) is 34.2 Å². The maximum atomic E-state index is 14.2. The first kappa shape index (κ1) is 18.0. The molecule has 1 aromatic heterocycles. The van der Waals surface area contributed by atoms with Gasteiger partial charge in [-0.05, 0) is 42.6 Å². The van der Waals surface area contributed by atoms with E-state index in [0.29, 0.717) is 23.0 Å². The Balaban J connectivity index is 1.86. The molecule has 0 radical (unpaired) electrons. The minimum atomic E-state index is -0.262. The lowest BCUT2D eigenvalue weighted by Gasteiger charge is -2.08. The van der Waals surface area contributed by atoms with Crippen LogP contribution in [0.15, 0.2) is 48.7 Å². The van der Waals surface area contributed by atoms with E-state index in [4.69, 9.17) is 11.6 Å². The van der Waals surface area contributed by atoms with Crippen LogP contribution in [-0.4, -0.2) is 11.1 Å². The first-order valence-corrected chi connectivity index (χ1v) is 9.14. The maximum absolute atomic E-state index is 14.2. The Labute approximate surface area is 153 Å². The van der Waals surface area contributed by atoms with Gasteiger partial charge in [0.25, 0.3) is 0 Å². The molecule has 132 valence electrons. The van der Waals surface area contributed by atoms with E-state index in [-0.39, 0.29) is 5.82 Å². The summed E-state index contributed by atoms with van der Waals surface area (Å²) in [5, 5.41) is 5.18. The number of halogens is 2. The summed E-state index contributed by atoms with van der Waals surface area (Å²) in [6.07, 6.45) is 3.26. The van der Waals surface area contributed by atoms with Crippen molar-refractivity contribution in [2.45, 2.75) is 33.4 Å². The molecule has 0 spiro atoms. The molecule has 0 aliphatic rings. The largest absolute Gasteiger partial charge is 0.343 e. The zero-order valence-corrected chi connectivity index (χ0v) is 15.5. The van der Waals surface area contributed by atoms with Gasteiger partial charge in [0.2, 0.25) is 0 Å². The van der Waals surface area contributed by atoms with E-state index in [1.54, 1.807) is 12.1 Å². The Bertz CT molecular complexity index is 834. The van der Waals surface area contributed by atoms with E-state index in [1.165, 1.54) is 17.0 Å². The van der Waals surface area contributed by atoms with Gasteiger partial charge in [-0.3, -0.25) is 0 Å². The van der Waals surface area contributed by atoms with Crippen LogP contribution in [0.5, 0.6) is 0 Å². The van der Waals surface area contributed by atoms with Crippen molar-refractivity contribution < 1.29 is 4.39 Å². The fourth-order valence-electron chi connectivity index (χ4n) is 3.06. The molecule has 4 heteroatoms. The third-order valence-electron chi connectivity index (χ3n) is 4.48. The van der Waals surface area contributed by atoms with Crippen molar-refractivity contribution in [3.05, 3.63) is 70.6 Å². The van der Waals surface area contributed by atoms with Gasteiger partial charge in [-0.15, -0.1) is 0 Å². The van der Waals surface area contributed by atoms with Crippen LogP contribution in [0.1, 0.15) is 31.4 Å². The van der Waals surface area contributed by atoms with Crippen LogP contribution in [0.25, 0.3) is 10.9 Å². The highest BCUT2D eigenvalue weighted by atomic mass is 35.5. The Morgan fingerprint density at radius 1 is 1.12 bits per heavy atom. The number of benzene rings is 2. The summed E-state index contributed by atoms with van der Waals surface area (Å²) in [6.45, 7) is 6.69. The van der Waals surface area contributed by atoms with E-state index < -0.39 is 0 Å². The van der Waals surface area contributed by atoms with Crippen molar-refractivity contribution in [2.75, 3.05) is 6.54 Å². The van der Waals surface area contributed by atoms with Crippen LogP contribution < -0.4 is 5.32 Å². The second-order valence-electron chi connectivity index (χ2n) is 6.86. The van der Waals surface area contributed by atoms with Crippen LogP contribution >= 0.6 is 11.6 Å². The zero-order valence-electron chi connectivity index (χ0n) is 14.7. The van der Waals surface area contributed by atoms with Gasteiger partial charge in [0.1, 0.15) is 5.82 Å². The predicted molar refractivity (Wildman–Crippen MR) is 104 cm³/mol. The normalized spacial score (nSPS) is 11.6. The number of rotatable bonds is 7. The number of aromatic nitrogens is 1. The van der Waals surface area contributed by atoms with Crippen molar-refractivity contribution in [2.24, 2.45) is 5.92 Å². The van der Waals surface area contributed by atoms with Crippen molar-refractivity contribution in [3.8, 4) is 0 Å². The van der Waals surface area contributed by atoms with Gasteiger partial charge in [-0.25, -0.2) is 4.39 Å². The van der Waals surface area contributed by atoms with Gasteiger partial charge in [-0.1, -0.05) is 49.7 Å². The molecule has 3 rings (SSSR count). The Morgan fingerprint density at radius 2 is 1.92 bits per heavy atom. The molecule has 0 aliphatic heterocycles. The first-order chi connectivity index (χ1) is 12.1. The minimum Gasteiger partial charge on any atom is -0.343 e. The Kier molecular flexibility index (Phi) is 5.77. The fraction of sp³-hybridized carbons (Fsp3) is 0.333. The highest BCUT2D eigenvalue weighted by Gasteiger charge is 2.12. The number of nitrogens with zero attached hydrogens (tertiary/aromatic N) is 1. The predicted octanol–water partition coefficient (Wildman–Crippen LogP) is 5.62. The summed E-state index contributed by atoms with van der Waals surface area (Å²) in [5.41, 5.74) is 2.86. The lowest BCUT2D eigenvalue weighted by atomic mass is 10.1. The van der Waals surface area contributed by atoms with Gasteiger partial charge in [0.15, 0.2) is 0 Å². The van der Waals surface area contributed by atoms with Crippen molar-refractivity contribution in [3.63, 3.8) is 0 Å². The van der Waals surface area contributed by atoms with Gasteiger partial charge in [0.05, 0.1) is 6.54 Å². The van der Waals surface area contributed by atoms with Gasteiger partial charge in [-0.2, -0.15) is 0 Å². The van der Waals surface area contributed by atoms with E-state index >= 15 is 0 Å². The second-order valence-corrected chi connectivity index (χ2v) is 7.27. The first-order valence-electron chi connectivity index (χ1n) is 8.76. The topological polar surface area (TPSA) is 17.0 Å². The summed E-state index contributed by atoms with van der Waals surface area (Å²) in [7, 11) is 0. The molecule has 0 aliphatic carbocycles. The SMILES string of the molecule is CC(C)CCNCc1cn(Cc2c(F)cccc2Cl)c2ccccc12. The van der Waals surface area contributed by atoms with Crippen LogP contribution in [-0.2, 0) is 13.1 Å². The average molecular weight is 359 g/mol. The molecule has 3 aromatic rings. The van der Waals surface area contributed by atoms with Gasteiger partial charge < -0.3 is 9.88 Å². The fourth-order valence-corrected chi connectivity index (χ4v) is 3.28. The third kappa shape index (κ3) is 4.23. The molecule has 0 unspecified atom stereocenters. The van der Waals surface area contributed by atoms with Crippen LogP contribution in [0.4, 0.5) is 4.39 Å². The molecular weight excluding hydrogens is 335 g/mol. The number of fused-ring (bicyclic) bond motifs is 1. The van der Waals surface area contributed by atoms with E-state index in [0.717, 1.165) is 25.0 Å². The molecule has 1 heterocycles. The Morgan fingerprint density at radius 3 is 2.68 bits per heavy atom. The molecule has 0 bridgehead atoms. The highest BCUT2D eigenvalue weighted by Crippen LogP contribution is 2.25. The van der Waals surface area contributed by atoms with Crippen molar-refractivity contribution in [1.29, 1.82) is 0 Å². The highest BCUT2D eigenvalue weighted by molar-refractivity contribution is 6.31. The lowest BCUT2D eigenvalue weighted by molar-refractivity contribution is 0.538. The van der Waals surface area contributed by atoms with E-state index in [2.05, 4.69) is 42.1 Å². The van der Waals surface area contributed by atoms with Crippen molar-refractivity contribution in [1.82, 2.24) is 9.88 Å². The molecule has 0 saturated carbocycles. The number of para-hydroxylation sites is 1. The van der Waals surface area contributed by atoms with Crippen LogP contribution in [0.2, 0.25) is 5.02 Å². The average Bonchev–Trinajstić information content (AvgIpc) is 2.93. The molecular formula is C21H24ClFN2. The minimum absolute atomic E-state index is 0.262.